The van der Waals surface area contributed by atoms with Crippen LogP contribution in [0.25, 0.3) is 10.9 Å². The fourth-order valence-corrected chi connectivity index (χ4v) is 5.97. The molecule has 3 unspecified atom stereocenters. The van der Waals surface area contributed by atoms with Crippen LogP contribution in [0.15, 0.2) is 53.5 Å². The number of carbonyl (C=O) groups is 1. The van der Waals surface area contributed by atoms with Gasteiger partial charge in [-0.15, -0.1) is 0 Å². The number of piperazine rings is 1. The Kier molecular flexibility index (Phi) is 6.66. The van der Waals surface area contributed by atoms with Crippen molar-refractivity contribution in [3.8, 4) is 5.75 Å². The van der Waals surface area contributed by atoms with Gasteiger partial charge in [-0.3, -0.25) is 14.9 Å². The molecule has 0 amide bonds. The normalized spacial score (nSPS) is 22.8. The summed E-state index contributed by atoms with van der Waals surface area (Å²) in [4.78, 5) is 28.8. The number of fused-ring (bicyclic) bond motifs is 4. The van der Waals surface area contributed by atoms with E-state index in [1.165, 1.54) is 16.6 Å². The molecule has 38 heavy (non-hydrogen) atoms. The zero-order chi connectivity index (χ0) is 26.2. The number of benzene rings is 2. The van der Waals surface area contributed by atoms with Gasteiger partial charge in [-0.25, -0.2) is 4.79 Å². The topological polar surface area (TPSA) is 70.5 Å². The molecule has 3 atom stereocenters. The Balaban J connectivity index is 1.11. The summed E-state index contributed by atoms with van der Waals surface area (Å²) in [5.41, 5.74) is 5.56. The van der Waals surface area contributed by atoms with E-state index in [-0.39, 0.29) is 18.1 Å². The Labute approximate surface area is 223 Å². The van der Waals surface area contributed by atoms with E-state index in [9.17, 15) is 4.79 Å². The van der Waals surface area contributed by atoms with Crippen molar-refractivity contribution >= 4 is 34.6 Å². The van der Waals surface area contributed by atoms with Gasteiger partial charge in [0.15, 0.2) is 6.04 Å². The fraction of sp³-hybridized carbons (Fsp3) is 0.433. The van der Waals surface area contributed by atoms with Crippen molar-refractivity contribution in [2.75, 3.05) is 49.1 Å². The van der Waals surface area contributed by atoms with Crippen LogP contribution in [0.2, 0.25) is 0 Å². The smallest absolute Gasteiger partial charge is 0.333 e. The number of pyridine rings is 1. The minimum Gasteiger partial charge on any atom is -0.486 e. The summed E-state index contributed by atoms with van der Waals surface area (Å²) in [6.45, 7) is 11.2. The Bertz CT molecular complexity index is 1370. The van der Waals surface area contributed by atoms with Crippen molar-refractivity contribution in [1.29, 1.82) is 0 Å². The average molecular weight is 514 g/mol. The summed E-state index contributed by atoms with van der Waals surface area (Å²) in [5.74, 6) is 0.615. The number of aryl methyl sites for hydroxylation is 1. The summed E-state index contributed by atoms with van der Waals surface area (Å²) in [7, 11) is 0. The quantitative estimate of drug-likeness (QED) is 0.464. The Morgan fingerprint density at radius 1 is 1.05 bits per heavy atom. The summed E-state index contributed by atoms with van der Waals surface area (Å²) < 4.78 is 11.7. The van der Waals surface area contributed by atoms with Crippen LogP contribution in [0.1, 0.15) is 25.1 Å². The van der Waals surface area contributed by atoms with Gasteiger partial charge in [0.1, 0.15) is 17.9 Å². The zero-order valence-electron chi connectivity index (χ0n) is 22.3. The molecule has 8 heteroatoms. The van der Waals surface area contributed by atoms with Gasteiger partial charge in [0.05, 0.1) is 24.1 Å². The molecule has 1 fully saturated rings. The average Bonchev–Trinajstić information content (AvgIpc) is 3.39. The number of anilines is 2. The summed E-state index contributed by atoms with van der Waals surface area (Å²) in [6, 6.07) is 16.3. The number of carbonyl (C=O) groups excluding carboxylic acids is 1. The van der Waals surface area contributed by atoms with Crippen molar-refractivity contribution in [1.82, 2.24) is 9.88 Å². The lowest BCUT2D eigenvalue weighted by atomic mass is 9.98. The third-order valence-electron chi connectivity index (χ3n) is 7.92. The molecule has 4 heterocycles. The first-order chi connectivity index (χ1) is 18.5. The van der Waals surface area contributed by atoms with Crippen molar-refractivity contribution in [3.05, 3.63) is 59.8 Å². The van der Waals surface area contributed by atoms with Gasteiger partial charge in [0.25, 0.3) is 0 Å². The number of para-hydroxylation sites is 1. The van der Waals surface area contributed by atoms with E-state index in [1.807, 2.05) is 20.8 Å². The van der Waals surface area contributed by atoms with Crippen molar-refractivity contribution in [2.24, 2.45) is 4.99 Å². The molecule has 0 aliphatic carbocycles. The molecule has 8 nitrogen and oxygen atoms in total. The molecule has 1 aromatic heterocycles. The Morgan fingerprint density at radius 3 is 2.66 bits per heavy atom. The molecule has 6 rings (SSSR count). The standard InChI is InChI=1S/C30H35N5O3/c1-4-37-30(36)27-28-21(3)38-29-22(7-5-10-26(29)35(28)19-31-27)13-14-33-15-17-34(18-16-33)25-9-6-8-24-23(25)12-11-20(2)32-24/h5-12,19,21,27-28H,4,13-18H2,1-3H3. The molecule has 3 aliphatic rings. The molecule has 2 aromatic carbocycles. The van der Waals surface area contributed by atoms with Crippen LogP contribution in [0, 0.1) is 6.92 Å². The molecule has 3 aromatic rings. The van der Waals surface area contributed by atoms with Gasteiger partial charge in [0.2, 0.25) is 0 Å². The lowest BCUT2D eigenvalue weighted by molar-refractivity contribution is -0.145. The van der Waals surface area contributed by atoms with E-state index in [4.69, 9.17) is 14.5 Å². The number of aromatic nitrogens is 1. The highest BCUT2D eigenvalue weighted by molar-refractivity contribution is 5.93. The van der Waals surface area contributed by atoms with Gasteiger partial charge in [-0.1, -0.05) is 18.2 Å². The molecule has 0 spiro atoms. The largest absolute Gasteiger partial charge is 0.486 e. The van der Waals surface area contributed by atoms with E-state index < -0.39 is 6.04 Å². The molecule has 0 N–H and O–H groups in total. The van der Waals surface area contributed by atoms with E-state index in [1.54, 1.807) is 6.34 Å². The minimum absolute atomic E-state index is 0.178. The first-order valence-corrected chi connectivity index (χ1v) is 13.6. The molecule has 0 saturated carbocycles. The second-order valence-electron chi connectivity index (χ2n) is 10.3. The molecule has 1 saturated heterocycles. The third kappa shape index (κ3) is 4.47. The maximum atomic E-state index is 12.5. The summed E-state index contributed by atoms with van der Waals surface area (Å²) in [5, 5.41) is 1.22. The molecule has 0 bridgehead atoms. The molecule has 3 aliphatic heterocycles. The van der Waals surface area contributed by atoms with Crippen LogP contribution in [-0.2, 0) is 16.0 Å². The van der Waals surface area contributed by atoms with Crippen LogP contribution >= 0.6 is 0 Å². The first-order valence-electron chi connectivity index (χ1n) is 13.6. The maximum absolute atomic E-state index is 12.5. The molecular weight excluding hydrogens is 478 g/mol. The second-order valence-corrected chi connectivity index (χ2v) is 10.3. The highest BCUT2D eigenvalue weighted by atomic mass is 16.5. The monoisotopic (exact) mass is 513 g/mol. The van der Waals surface area contributed by atoms with Crippen LogP contribution in [0.4, 0.5) is 11.4 Å². The van der Waals surface area contributed by atoms with E-state index >= 15 is 0 Å². The number of esters is 1. The summed E-state index contributed by atoms with van der Waals surface area (Å²) >= 11 is 0. The minimum atomic E-state index is -0.556. The predicted octanol–water partition coefficient (Wildman–Crippen LogP) is 3.84. The molecule has 198 valence electrons. The lowest BCUT2D eigenvalue weighted by Gasteiger charge is -2.39. The van der Waals surface area contributed by atoms with Crippen molar-refractivity contribution in [2.45, 2.75) is 45.4 Å². The third-order valence-corrected chi connectivity index (χ3v) is 7.92. The zero-order valence-corrected chi connectivity index (χ0v) is 22.3. The van der Waals surface area contributed by atoms with Gasteiger partial charge in [0, 0.05) is 49.5 Å². The van der Waals surface area contributed by atoms with Crippen LogP contribution in [0.3, 0.4) is 0 Å². The number of hydrogen-bond acceptors (Lipinski definition) is 8. The Morgan fingerprint density at radius 2 is 1.84 bits per heavy atom. The van der Waals surface area contributed by atoms with Gasteiger partial charge < -0.3 is 19.3 Å². The van der Waals surface area contributed by atoms with E-state index in [0.717, 1.165) is 61.8 Å². The van der Waals surface area contributed by atoms with Crippen molar-refractivity contribution < 1.29 is 14.3 Å². The maximum Gasteiger partial charge on any atom is 0.333 e. The van der Waals surface area contributed by atoms with Crippen LogP contribution in [-0.4, -0.2) is 79.7 Å². The number of rotatable bonds is 6. The predicted molar refractivity (Wildman–Crippen MR) is 151 cm³/mol. The van der Waals surface area contributed by atoms with Gasteiger partial charge in [-0.05, 0) is 63.1 Å². The van der Waals surface area contributed by atoms with Crippen LogP contribution in [0.5, 0.6) is 5.75 Å². The number of ether oxygens (including phenoxy) is 2. The van der Waals surface area contributed by atoms with Gasteiger partial charge >= 0.3 is 5.97 Å². The first kappa shape index (κ1) is 24.7. The number of hydrogen-bond donors (Lipinski definition) is 0. The van der Waals surface area contributed by atoms with E-state index in [2.05, 4.69) is 68.2 Å². The fourth-order valence-electron chi connectivity index (χ4n) is 5.97. The van der Waals surface area contributed by atoms with Gasteiger partial charge in [-0.2, -0.15) is 0 Å². The van der Waals surface area contributed by atoms with E-state index in [0.29, 0.717) is 6.61 Å². The highest BCUT2D eigenvalue weighted by Gasteiger charge is 2.46. The second kappa shape index (κ2) is 10.3. The number of nitrogens with zero attached hydrogens (tertiary/aromatic N) is 5. The summed E-state index contributed by atoms with van der Waals surface area (Å²) in [6.07, 6.45) is 2.50. The lowest BCUT2D eigenvalue weighted by Crippen LogP contribution is -2.52. The van der Waals surface area contributed by atoms with Crippen LogP contribution < -0.4 is 14.5 Å². The van der Waals surface area contributed by atoms with Crippen molar-refractivity contribution in [3.63, 3.8) is 0 Å². The molecule has 0 radical (unpaired) electrons. The highest BCUT2D eigenvalue weighted by Crippen LogP contribution is 2.41. The molecular formula is C30H35N5O3. The number of aliphatic imine (C=N–C) groups is 1. The SMILES string of the molecule is CCOC(=O)C1N=CN2c3cccc(CCN4CCN(c5cccc6nc(C)ccc56)CC4)c3OC(C)C12. The Hall–Kier alpha value is -3.65.